The first kappa shape index (κ1) is 11.9. The summed E-state index contributed by atoms with van der Waals surface area (Å²) in [6.07, 6.45) is 0.644. The second kappa shape index (κ2) is 5.19. The van der Waals surface area contributed by atoms with Gasteiger partial charge in [0.1, 0.15) is 5.75 Å². The van der Waals surface area contributed by atoms with Gasteiger partial charge in [0.25, 0.3) is 0 Å². The molecule has 1 unspecified atom stereocenters. The molecule has 1 amide bonds. The Hall–Kier alpha value is -1.55. The molecule has 0 spiro atoms. The fourth-order valence-corrected chi connectivity index (χ4v) is 2.09. The highest BCUT2D eigenvalue weighted by atomic mass is 16.5. The fraction of sp³-hybridized carbons (Fsp3) is 0.462. The first-order valence-electron chi connectivity index (χ1n) is 5.78. The van der Waals surface area contributed by atoms with Crippen molar-refractivity contribution in [1.82, 2.24) is 4.90 Å². The molecule has 1 heterocycles. The normalized spacial score (nSPS) is 19.4. The minimum absolute atomic E-state index is 0.0473. The van der Waals surface area contributed by atoms with E-state index in [1.54, 1.807) is 12.0 Å². The lowest BCUT2D eigenvalue weighted by atomic mass is 10.1. The van der Waals surface area contributed by atoms with Crippen molar-refractivity contribution in [2.75, 3.05) is 20.2 Å². The van der Waals surface area contributed by atoms with E-state index in [1.165, 1.54) is 0 Å². The van der Waals surface area contributed by atoms with Crippen molar-refractivity contribution in [1.29, 1.82) is 0 Å². The number of β-amino-alcohol motifs (C(OH)–C–C–N with tert-alkyl or cyclic N) is 1. The van der Waals surface area contributed by atoms with Crippen LogP contribution in [0.25, 0.3) is 0 Å². The number of hydrogen-bond acceptors (Lipinski definition) is 3. The topological polar surface area (TPSA) is 49.8 Å². The van der Waals surface area contributed by atoms with E-state index < -0.39 is 0 Å². The van der Waals surface area contributed by atoms with Crippen LogP contribution in [-0.4, -0.2) is 42.2 Å². The average molecular weight is 235 g/mol. The molecular formula is C13H17NO3. The molecule has 1 fully saturated rings. The van der Waals surface area contributed by atoms with E-state index in [0.717, 1.165) is 11.3 Å². The third-order valence-corrected chi connectivity index (χ3v) is 3.05. The lowest BCUT2D eigenvalue weighted by Gasteiger charge is -2.16. The van der Waals surface area contributed by atoms with Crippen LogP contribution in [0.5, 0.6) is 5.75 Å². The Balaban J connectivity index is 2.03. The zero-order chi connectivity index (χ0) is 12.3. The first-order chi connectivity index (χ1) is 8.20. The van der Waals surface area contributed by atoms with Crippen LogP contribution >= 0.6 is 0 Å². The van der Waals surface area contributed by atoms with Gasteiger partial charge in [-0.05, 0) is 12.5 Å². The lowest BCUT2D eigenvalue weighted by molar-refractivity contribution is -0.129. The van der Waals surface area contributed by atoms with E-state index in [4.69, 9.17) is 4.74 Å². The van der Waals surface area contributed by atoms with Crippen molar-refractivity contribution in [3.8, 4) is 5.75 Å². The van der Waals surface area contributed by atoms with Crippen LogP contribution in [0.3, 0.4) is 0 Å². The Labute approximate surface area is 101 Å². The molecule has 1 atom stereocenters. The molecule has 1 aliphatic heterocycles. The molecule has 0 aliphatic carbocycles. The van der Waals surface area contributed by atoms with E-state index >= 15 is 0 Å². The summed E-state index contributed by atoms with van der Waals surface area (Å²) in [5.74, 6) is 0.784. The molecule has 92 valence electrons. The van der Waals surface area contributed by atoms with Crippen molar-refractivity contribution in [3.05, 3.63) is 29.8 Å². The van der Waals surface area contributed by atoms with Crippen LogP contribution in [-0.2, 0) is 11.2 Å². The molecule has 1 aliphatic rings. The maximum atomic E-state index is 12.0. The highest BCUT2D eigenvalue weighted by Gasteiger charge is 2.24. The number of benzene rings is 1. The number of para-hydroxylation sites is 1. The summed E-state index contributed by atoms with van der Waals surface area (Å²) in [4.78, 5) is 13.7. The number of carbonyl (C=O) groups is 1. The SMILES string of the molecule is COc1ccccc1CC(=O)N1CCC(O)C1. The monoisotopic (exact) mass is 235 g/mol. The van der Waals surface area contributed by atoms with Gasteiger partial charge in [0, 0.05) is 18.7 Å². The van der Waals surface area contributed by atoms with E-state index in [2.05, 4.69) is 0 Å². The maximum Gasteiger partial charge on any atom is 0.227 e. The summed E-state index contributed by atoms with van der Waals surface area (Å²) >= 11 is 0. The van der Waals surface area contributed by atoms with Crippen molar-refractivity contribution in [2.24, 2.45) is 0 Å². The predicted octanol–water partition coefficient (Wildman–Crippen LogP) is 0.831. The number of likely N-dealkylation sites (tertiary alicyclic amines) is 1. The van der Waals surface area contributed by atoms with Gasteiger partial charge in [-0.15, -0.1) is 0 Å². The number of hydrogen-bond donors (Lipinski definition) is 1. The van der Waals surface area contributed by atoms with Crippen molar-refractivity contribution < 1.29 is 14.6 Å². The van der Waals surface area contributed by atoms with E-state index in [-0.39, 0.29) is 12.0 Å². The highest BCUT2D eigenvalue weighted by Crippen LogP contribution is 2.19. The van der Waals surface area contributed by atoms with Crippen molar-refractivity contribution >= 4 is 5.91 Å². The summed E-state index contributed by atoms with van der Waals surface area (Å²) in [5, 5.41) is 9.40. The fourth-order valence-electron chi connectivity index (χ4n) is 2.09. The lowest BCUT2D eigenvalue weighted by Crippen LogP contribution is -2.30. The molecule has 1 saturated heterocycles. The molecule has 2 rings (SSSR count). The Morgan fingerprint density at radius 3 is 2.94 bits per heavy atom. The Morgan fingerprint density at radius 1 is 1.53 bits per heavy atom. The van der Waals surface area contributed by atoms with Crippen LogP contribution in [0.1, 0.15) is 12.0 Å². The Morgan fingerprint density at radius 2 is 2.29 bits per heavy atom. The second-order valence-electron chi connectivity index (χ2n) is 4.27. The number of aliphatic hydroxyl groups is 1. The molecule has 4 heteroatoms. The van der Waals surface area contributed by atoms with Crippen molar-refractivity contribution in [3.63, 3.8) is 0 Å². The van der Waals surface area contributed by atoms with Gasteiger partial charge in [0.2, 0.25) is 5.91 Å². The number of ether oxygens (including phenoxy) is 1. The number of aliphatic hydroxyl groups excluding tert-OH is 1. The van der Waals surface area contributed by atoms with Gasteiger partial charge < -0.3 is 14.7 Å². The van der Waals surface area contributed by atoms with Crippen molar-refractivity contribution in [2.45, 2.75) is 18.9 Å². The molecule has 17 heavy (non-hydrogen) atoms. The number of rotatable bonds is 3. The number of nitrogens with zero attached hydrogens (tertiary/aromatic N) is 1. The average Bonchev–Trinajstić information content (AvgIpc) is 2.77. The van der Waals surface area contributed by atoms with Crippen LogP contribution in [0.2, 0.25) is 0 Å². The van der Waals surface area contributed by atoms with E-state index in [9.17, 15) is 9.90 Å². The minimum atomic E-state index is -0.364. The molecule has 4 nitrogen and oxygen atoms in total. The largest absolute Gasteiger partial charge is 0.496 e. The minimum Gasteiger partial charge on any atom is -0.496 e. The molecule has 1 aromatic rings. The van der Waals surface area contributed by atoms with Gasteiger partial charge in [0.15, 0.2) is 0 Å². The summed E-state index contributed by atoms with van der Waals surface area (Å²) in [6, 6.07) is 7.51. The second-order valence-corrected chi connectivity index (χ2v) is 4.27. The molecule has 0 bridgehead atoms. The molecule has 0 radical (unpaired) electrons. The Bertz CT molecular complexity index is 405. The smallest absolute Gasteiger partial charge is 0.227 e. The zero-order valence-corrected chi connectivity index (χ0v) is 9.93. The molecule has 0 saturated carbocycles. The summed E-state index contributed by atoms with van der Waals surface area (Å²) in [7, 11) is 1.60. The van der Waals surface area contributed by atoms with Crippen LogP contribution < -0.4 is 4.74 Å². The van der Waals surface area contributed by atoms with Gasteiger partial charge in [-0.2, -0.15) is 0 Å². The highest BCUT2D eigenvalue weighted by molar-refractivity contribution is 5.79. The van der Waals surface area contributed by atoms with Gasteiger partial charge in [-0.25, -0.2) is 0 Å². The predicted molar refractivity (Wildman–Crippen MR) is 63.9 cm³/mol. The van der Waals surface area contributed by atoms with Crippen LogP contribution in [0.4, 0.5) is 0 Å². The van der Waals surface area contributed by atoms with Crippen LogP contribution in [0.15, 0.2) is 24.3 Å². The Kier molecular flexibility index (Phi) is 3.64. The number of amides is 1. The molecule has 0 aromatic heterocycles. The molecular weight excluding hydrogens is 218 g/mol. The molecule has 1 N–H and O–H groups in total. The number of methoxy groups -OCH3 is 1. The van der Waals surface area contributed by atoms with Gasteiger partial charge >= 0.3 is 0 Å². The van der Waals surface area contributed by atoms with Gasteiger partial charge in [0.05, 0.1) is 19.6 Å². The molecule has 1 aromatic carbocycles. The maximum absolute atomic E-state index is 12.0. The number of carbonyl (C=O) groups excluding carboxylic acids is 1. The van der Waals surface area contributed by atoms with Gasteiger partial charge in [-0.3, -0.25) is 4.79 Å². The van der Waals surface area contributed by atoms with E-state index in [1.807, 2.05) is 24.3 Å². The first-order valence-corrected chi connectivity index (χ1v) is 5.78. The van der Waals surface area contributed by atoms with Gasteiger partial charge in [-0.1, -0.05) is 18.2 Å². The third-order valence-electron chi connectivity index (χ3n) is 3.05. The van der Waals surface area contributed by atoms with Crippen LogP contribution in [0, 0.1) is 0 Å². The van der Waals surface area contributed by atoms with E-state index in [0.29, 0.717) is 25.9 Å². The quantitative estimate of drug-likeness (QED) is 0.844. The third kappa shape index (κ3) is 2.77. The summed E-state index contributed by atoms with van der Waals surface area (Å²) in [6.45, 7) is 1.10. The zero-order valence-electron chi connectivity index (χ0n) is 9.93. The summed E-state index contributed by atoms with van der Waals surface area (Å²) in [5.41, 5.74) is 0.890. The standard InChI is InChI=1S/C13H17NO3/c1-17-12-5-3-2-4-10(12)8-13(16)14-7-6-11(15)9-14/h2-5,11,15H,6-9H2,1H3. The summed E-state index contributed by atoms with van der Waals surface area (Å²) < 4.78 is 5.21.